The predicted octanol–water partition coefficient (Wildman–Crippen LogP) is -1.09. The van der Waals surface area contributed by atoms with E-state index in [-0.39, 0.29) is 12.7 Å². The lowest BCUT2D eigenvalue weighted by Crippen LogP contribution is -2.28. The van der Waals surface area contributed by atoms with Crippen molar-refractivity contribution in [2.45, 2.75) is 24.7 Å². The van der Waals surface area contributed by atoms with Crippen LogP contribution in [0.1, 0.15) is 6.42 Å². The second kappa shape index (κ2) is 4.48. The molecular formula is C8H13N3O3S. The Hall–Kier alpha value is -0.630. The first-order valence-electron chi connectivity index (χ1n) is 4.67. The van der Waals surface area contributed by atoms with Crippen molar-refractivity contribution in [2.75, 3.05) is 12.4 Å². The average molecular weight is 231 g/mol. The summed E-state index contributed by atoms with van der Waals surface area (Å²) in [5, 5.41) is 26.6. The summed E-state index contributed by atoms with van der Waals surface area (Å²) in [6, 6.07) is 0. The van der Waals surface area contributed by atoms with E-state index in [0.717, 1.165) is 5.71 Å². The van der Waals surface area contributed by atoms with Crippen LogP contribution in [0.25, 0.3) is 0 Å². The molecule has 2 rings (SSSR count). The van der Waals surface area contributed by atoms with Crippen molar-refractivity contribution in [3.8, 4) is 0 Å². The number of nitrogens with two attached hydrogens (primary N) is 1. The van der Waals surface area contributed by atoms with Crippen molar-refractivity contribution < 1.29 is 14.9 Å². The fraction of sp³-hybridized carbons (Fsp3) is 0.750. The summed E-state index contributed by atoms with van der Waals surface area (Å²) >= 11 is 1.40. The lowest BCUT2D eigenvalue weighted by Gasteiger charge is -2.15. The molecule has 0 aliphatic carbocycles. The van der Waals surface area contributed by atoms with E-state index < -0.39 is 12.2 Å². The van der Waals surface area contributed by atoms with Gasteiger partial charge in [0.25, 0.3) is 0 Å². The normalized spacial score (nSPS) is 36.3. The molecule has 0 aromatic rings. The van der Waals surface area contributed by atoms with E-state index in [1.165, 1.54) is 11.8 Å². The van der Waals surface area contributed by atoms with E-state index in [1.54, 1.807) is 0 Å². The van der Waals surface area contributed by atoms with Crippen LogP contribution in [0.4, 0.5) is 0 Å². The highest BCUT2D eigenvalue weighted by molar-refractivity contribution is 8.14. The van der Waals surface area contributed by atoms with Gasteiger partial charge >= 0.3 is 0 Å². The van der Waals surface area contributed by atoms with Crippen molar-refractivity contribution in [3.63, 3.8) is 0 Å². The number of aliphatic hydroxyl groups is 2. The van der Waals surface area contributed by atoms with Crippen molar-refractivity contribution >= 4 is 22.6 Å². The Morgan fingerprint density at radius 1 is 1.53 bits per heavy atom. The highest BCUT2D eigenvalue weighted by atomic mass is 32.2. The van der Waals surface area contributed by atoms with Gasteiger partial charge in [-0.3, -0.25) is 0 Å². The lowest BCUT2D eigenvalue weighted by molar-refractivity contribution is -0.00681. The minimum Gasteiger partial charge on any atom is -0.394 e. The molecule has 1 saturated heterocycles. The van der Waals surface area contributed by atoms with E-state index in [2.05, 4.69) is 10.2 Å². The molecule has 2 aliphatic heterocycles. The SMILES string of the molecule is NC1=NN=C([C@H]2C[C@H](O)[C@@H](CO)O2)CS1. The van der Waals surface area contributed by atoms with Gasteiger partial charge in [-0.15, -0.1) is 5.10 Å². The summed E-state index contributed by atoms with van der Waals surface area (Å²) in [5.41, 5.74) is 6.22. The summed E-state index contributed by atoms with van der Waals surface area (Å²) in [4.78, 5) is 0. The number of hydrogen-bond acceptors (Lipinski definition) is 7. The Morgan fingerprint density at radius 3 is 2.87 bits per heavy atom. The van der Waals surface area contributed by atoms with Crippen LogP contribution in [0.2, 0.25) is 0 Å². The Bertz CT molecular complexity index is 308. The zero-order chi connectivity index (χ0) is 10.8. The highest BCUT2D eigenvalue weighted by Gasteiger charge is 2.36. The van der Waals surface area contributed by atoms with Crippen LogP contribution in [0.15, 0.2) is 10.2 Å². The van der Waals surface area contributed by atoms with E-state index in [1.807, 2.05) is 0 Å². The largest absolute Gasteiger partial charge is 0.394 e. The quantitative estimate of drug-likeness (QED) is 0.561. The standard InChI is InChI=1S/C8H13N3O3S/c9-8-11-10-4(3-15-8)6-1-5(13)7(2-12)14-6/h5-7,12-13H,1-3H2,(H2,9,11)/t5-,6+,7+/m0/s1. The van der Waals surface area contributed by atoms with Gasteiger partial charge in [-0.1, -0.05) is 11.8 Å². The van der Waals surface area contributed by atoms with E-state index in [4.69, 9.17) is 15.6 Å². The van der Waals surface area contributed by atoms with Crippen LogP contribution >= 0.6 is 11.8 Å². The Kier molecular flexibility index (Phi) is 3.25. The number of aliphatic hydroxyl groups excluding tert-OH is 2. The third-order valence-corrected chi connectivity index (χ3v) is 3.24. The molecule has 1 fully saturated rings. The molecule has 0 bridgehead atoms. The van der Waals surface area contributed by atoms with Crippen molar-refractivity contribution in [1.82, 2.24) is 0 Å². The topological polar surface area (TPSA) is 100 Å². The Morgan fingerprint density at radius 2 is 2.33 bits per heavy atom. The third kappa shape index (κ3) is 2.31. The second-order valence-electron chi connectivity index (χ2n) is 3.47. The molecule has 0 unspecified atom stereocenters. The Labute approximate surface area is 91.2 Å². The van der Waals surface area contributed by atoms with Crippen LogP contribution in [0, 0.1) is 0 Å². The molecule has 2 heterocycles. The maximum atomic E-state index is 9.53. The first-order valence-corrected chi connectivity index (χ1v) is 5.66. The molecular weight excluding hydrogens is 218 g/mol. The van der Waals surface area contributed by atoms with Crippen molar-refractivity contribution in [2.24, 2.45) is 15.9 Å². The van der Waals surface area contributed by atoms with Crippen LogP contribution in [-0.4, -0.2) is 51.8 Å². The molecule has 15 heavy (non-hydrogen) atoms. The Balaban J connectivity index is 2.02. The highest BCUT2D eigenvalue weighted by Crippen LogP contribution is 2.24. The number of rotatable bonds is 2. The van der Waals surface area contributed by atoms with Gasteiger partial charge in [0.15, 0.2) is 5.17 Å². The first-order chi connectivity index (χ1) is 7.20. The van der Waals surface area contributed by atoms with Gasteiger partial charge in [0.1, 0.15) is 12.2 Å². The summed E-state index contributed by atoms with van der Waals surface area (Å²) in [5.74, 6) is 0.630. The van der Waals surface area contributed by atoms with Crippen LogP contribution in [-0.2, 0) is 4.74 Å². The first kappa shape index (κ1) is 10.9. The van der Waals surface area contributed by atoms with Gasteiger partial charge in [-0.2, -0.15) is 5.10 Å². The smallest absolute Gasteiger partial charge is 0.180 e. The van der Waals surface area contributed by atoms with Crippen molar-refractivity contribution in [3.05, 3.63) is 0 Å². The molecule has 0 aromatic carbocycles. The molecule has 3 atom stereocenters. The van der Waals surface area contributed by atoms with Crippen LogP contribution < -0.4 is 5.73 Å². The third-order valence-electron chi connectivity index (χ3n) is 2.42. The summed E-state index contributed by atoms with van der Waals surface area (Å²) < 4.78 is 5.44. The molecule has 0 radical (unpaired) electrons. The molecule has 6 nitrogen and oxygen atoms in total. The van der Waals surface area contributed by atoms with Gasteiger partial charge < -0.3 is 20.7 Å². The minimum absolute atomic E-state index is 0.177. The fourth-order valence-electron chi connectivity index (χ4n) is 1.58. The molecule has 0 saturated carbocycles. The van der Waals surface area contributed by atoms with Crippen LogP contribution in [0.5, 0.6) is 0 Å². The number of ether oxygens (including phenoxy) is 1. The zero-order valence-electron chi connectivity index (χ0n) is 8.04. The van der Waals surface area contributed by atoms with Gasteiger partial charge in [-0.05, 0) is 0 Å². The number of amidine groups is 1. The summed E-state index contributed by atoms with van der Waals surface area (Å²) in [6.45, 7) is -0.177. The molecule has 7 heteroatoms. The molecule has 84 valence electrons. The monoisotopic (exact) mass is 231 g/mol. The molecule has 0 amide bonds. The average Bonchev–Trinajstić information content (AvgIpc) is 2.61. The molecule has 0 aromatic heterocycles. The zero-order valence-corrected chi connectivity index (χ0v) is 8.85. The number of thioether (sulfide) groups is 1. The lowest BCUT2D eigenvalue weighted by atomic mass is 10.1. The predicted molar refractivity (Wildman–Crippen MR) is 57.9 cm³/mol. The van der Waals surface area contributed by atoms with E-state index in [0.29, 0.717) is 17.3 Å². The van der Waals surface area contributed by atoms with Gasteiger partial charge in [0.2, 0.25) is 0 Å². The molecule has 2 aliphatic rings. The van der Waals surface area contributed by atoms with Gasteiger partial charge in [-0.25, -0.2) is 0 Å². The van der Waals surface area contributed by atoms with Gasteiger partial charge in [0.05, 0.1) is 18.4 Å². The van der Waals surface area contributed by atoms with Crippen LogP contribution in [0.3, 0.4) is 0 Å². The maximum absolute atomic E-state index is 9.53. The number of nitrogens with zero attached hydrogens (tertiary/aromatic N) is 2. The fourth-order valence-corrected chi connectivity index (χ4v) is 2.22. The molecule has 0 spiro atoms. The molecule has 4 N–H and O–H groups in total. The summed E-state index contributed by atoms with van der Waals surface area (Å²) in [6.07, 6.45) is -0.927. The second-order valence-corrected chi connectivity index (χ2v) is 4.46. The number of hydrogen-bond donors (Lipinski definition) is 3. The maximum Gasteiger partial charge on any atom is 0.180 e. The van der Waals surface area contributed by atoms with E-state index >= 15 is 0 Å². The minimum atomic E-state index is -0.629. The van der Waals surface area contributed by atoms with E-state index in [9.17, 15) is 5.11 Å². The van der Waals surface area contributed by atoms with Gasteiger partial charge in [0, 0.05) is 12.2 Å². The summed E-state index contributed by atoms with van der Waals surface area (Å²) in [7, 11) is 0. The van der Waals surface area contributed by atoms with Crippen molar-refractivity contribution in [1.29, 1.82) is 0 Å².